The summed E-state index contributed by atoms with van der Waals surface area (Å²) in [5.41, 5.74) is 1.77. The van der Waals surface area contributed by atoms with E-state index >= 15 is 0 Å². The van der Waals surface area contributed by atoms with Crippen molar-refractivity contribution in [3.63, 3.8) is 0 Å². The first kappa shape index (κ1) is 15.1. The van der Waals surface area contributed by atoms with Crippen LogP contribution in [0.25, 0.3) is 0 Å². The van der Waals surface area contributed by atoms with Crippen molar-refractivity contribution in [2.24, 2.45) is 0 Å². The normalized spacial score (nSPS) is 14.0. The fourth-order valence-corrected chi connectivity index (χ4v) is 2.33. The Balaban J connectivity index is 1.53. The Morgan fingerprint density at radius 3 is 2.83 bits per heavy atom. The average molecular weight is 313 g/mol. The molecule has 2 aromatic rings. The lowest BCUT2D eigenvalue weighted by molar-refractivity contribution is 0.171. The van der Waals surface area contributed by atoms with Gasteiger partial charge in [-0.05, 0) is 36.8 Å². The number of fused-ring (bicyclic) bond motifs is 1. The summed E-state index contributed by atoms with van der Waals surface area (Å²) in [6, 6.07) is 10.9. The van der Waals surface area contributed by atoms with Crippen molar-refractivity contribution in [3.8, 4) is 11.5 Å². The Bertz CT molecular complexity index is 676. The molecule has 6 heteroatoms. The fraction of sp³-hybridized carbons (Fsp3) is 0.294. The molecule has 0 spiro atoms. The van der Waals surface area contributed by atoms with Crippen LogP contribution in [0.5, 0.6) is 11.5 Å². The number of nitrogens with zero attached hydrogens (tertiary/aromatic N) is 1. The lowest BCUT2D eigenvalue weighted by Gasteiger charge is -2.19. The van der Waals surface area contributed by atoms with Crippen LogP contribution in [0.4, 0.5) is 4.79 Å². The van der Waals surface area contributed by atoms with E-state index in [1.54, 1.807) is 6.20 Å². The number of benzene rings is 1. The number of aromatic nitrogens is 1. The van der Waals surface area contributed by atoms with Crippen molar-refractivity contribution < 1.29 is 14.3 Å². The van der Waals surface area contributed by atoms with Gasteiger partial charge in [-0.25, -0.2) is 4.79 Å². The molecule has 2 heterocycles. The molecular weight excluding hydrogens is 294 g/mol. The lowest BCUT2D eigenvalue weighted by atomic mass is 10.2. The van der Waals surface area contributed by atoms with Crippen LogP contribution in [0.15, 0.2) is 42.6 Å². The predicted molar refractivity (Wildman–Crippen MR) is 85.5 cm³/mol. The molecule has 0 fully saturated rings. The Morgan fingerprint density at radius 2 is 2.04 bits per heavy atom. The number of urea groups is 1. The molecule has 3 rings (SSSR count). The molecule has 2 N–H and O–H groups in total. The SMILES string of the molecule is C[C@@H](NC(=O)NCc1ccc2c(c1)OCCO2)c1ccccn1. The molecule has 23 heavy (non-hydrogen) atoms. The minimum Gasteiger partial charge on any atom is -0.486 e. The maximum atomic E-state index is 12.0. The number of carbonyl (C=O) groups is 1. The number of pyridine rings is 1. The molecule has 0 aliphatic carbocycles. The number of ether oxygens (including phenoxy) is 2. The van der Waals surface area contributed by atoms with Crippen molar-refractivity contribution in [1.29, 1.82) is 0 Å². The Kier molecular flexibility index (Phi) is 4.61. The van der Waals surface area contributed by atoms with Gasteiger partial charge in [0, 0.05) is 12.7 Å². The molecule has 0 radical (unpaired) electrons. The second-order valence-electron chi connectivity index (χ2n) is 5.28. The van der Waals surface area contributed by atoms with Crippen LogP contribution in [-0.4, -0.2) is 24.2 Å². The molecule has 0 unspecified atom stereocenters. The molecule has 1 aromatic heterocycles. The first-order chi connectivity index (χ1) is 11.2. The van der Waals surface area contributed by atoms with E-state index in [0.717, 1.165) is 22.8 Å². The van der Waals surface area contributed by atoms with Gasteiger partial charge in [-0.3, -0.25) is 4.98 Å². The number of amides is 2. The van der Waals surface area contributed by atoms with Crippen molar-refractivity contribution in [1.82, 2.24) is 15.6 Å². The summed E-state index contributed by atoms with van der Waals surface area (Å²) in [5, 5.41) is 5.69. The van der Waals surface area contributed by atoms with Gasteiger partial charge in [-0.15, -0.1) is 0 Å². The van der Waals surface area contributed by atoms with Crippen molar-refractivity contribution in [3.05, 3.63) is 53.9 Å². The average Bonchev–Trinajstić information content (AvgIpc) is 2.60. The Labute approximate surface area is 134 Å². The third-order valence-electron chi connectivity index (χ3n) is 3.54. The van der Waals surface area contributed by atoms with Crippen molar-refractivity contribution in [2.45, 2.75) is 19.5 Å². The molecule has 1 aliphatic heterocycles. The summed E-state index contributed by atoms with van der Waals surface area (Å²) in [6.45, 7) is 3.42. The highest BCUT2D eigenvalue weighted by atomic mass is 16.6. The van der Waals surface area contributed by atoms with Crippen LogP contribution in [0.1, 0.15) is 24.2 Å². The highest BCUT2D eigenvalue weighted by Gasteiger charge is 2.13. The molecule has 120 valence electrons. The van der Waals surface area contributed by atoms with E-state index in [4.69, 9.17) is 9.47 Å². The third kappa shape index (κ3) is 3.91. The van der Waals surface area contributed by atoms with Crippen LogP contribution in [0.2, 0.25) is 0 Å². The van der Waals surface area contributed by atoms with Gasteiger partial charge in [0.2, 0.25) is 0 Å². The first-order valence-electron chi connectivity index (χ1n) is 7.56. The molecule has 1 atom stereocenters. The second-order valence-corrected chi connectivity index (χ2v) is 5.28. The summed E-state index contributed by atoms with van der Waals surface area (Å²) in [7, 11) is 0. The van der Waals surface area contributed by atoms with Gasteiger partial charge in [0.05, 0.1) is 11.7 Å². The third-order valence-corrected chi connectivity index (χ3v) is 3.54. The molecule has 1 aromatic carbocycles. The van der Waals surface area contributed by atoms with Gasteiger partial charge in [0.1, 0.15) is 13.2 Å². The number of hydrogen-bond acceptors (Lipinski definition) is 4. The van der Waals surface area contributed by atoms with E-state index in [1.165, 1.54) is 0 Å². The van der Waals surface area contributed by atoms with Crippen LogP contribution in [-0.2, 0) is 6.54 Å². The highest BCUT2D eigenvalue weighted by Crippen LogP contribution is 2.30. The van der Waals surface area contributed by atoms with Gasteiger partial charge in [-0.2, -0.15) is 0 Å². The minimum atomic E-state index is -0.238. The zero-order valence-electron chi connectivity index (χ0n) is 12.9. The number of hydrogen-bond donors (Lipinski definition) is 2. The van der Waals surface area contributed by atoms with Gasteiger partial charge in [0.25, 0.3) is 0 Å². The van der Waals surface area contributed by atoms with E-state index in [-0.39, 0.29) is 12.1 Å². The van der Waals surface area contributed by atoms with Crippen molar-refractivity contribution in [2.75, 3.05) is 13.2 Å². The maximum absolute atomic E-state index is 12.0. The van der Waals surface area contributed by atoms with E-state index in [0.29, 0.717) is 19.8 Å². The second kappa shape index (κ2) is 7.00. The largest absolute Gasteiger partial charge is 0.486 e. The van der Waals surface area contributed by atoms with Gasteiger partial charge in [0.15, 0.2) is 11.5 Å². The number of nitrogens with one attached hydrogen (secondary N) is 2. The number of carbonyl (C=O) groups excluding carboxylic acids is 1. The van der Waals surface area contributed by atoms with Gasteiger partial charge < -0.3 is 20.1 Å². The molecule has 2 amide bonds. The van der Waals surface area contributed by atoms with Crippen LogP contribution in [0.3, 0.4) is 0 Å². The topological polar surface area (TPSA) is 72.5 Å². The molecule has 1 aliphatic rings. The van der Waals surface area contributed by atoms with Crippen LogP contribution in [0, 0.1) is 0 Å². The monoisotopic (exact) mass is 313 g/mol. The van der Waals surface area contributed by atoms with Gasteiger partial charge >= 0.3 is 6.03 Å². The summed E-state index contributed by atoms with van der Waals surface area (Å²) in [6.07, 6.45) is 1.71. The Morgan fingerprint density at radius 1 is 1.22 bits per heavy atom. The molecule has 6 nitrogen and oxygen atoms in total. The fourth-order valence-electron chi connectivity index (χ4n) is 2.33. The molecule has 0 saturated carbocycles. The summed E-state index contributed by atoms with van der Waals surface area (Å²) >= 11 is 0. The summed E-state index contributed by atoms with van der Waals surface area (Å²) < 4.78 is 11.0. The van der Waals surface area contributed by atoms with Crippen LogP contribution >= 0.6 is 0 Å². The molecule has 0 bridgehead atoms. The van der Waals surface area contributed by atoms with Crippen LogP contribution < -0.4 is 20.1 Å². The van der Waals surface area contributed by atoms with E-state index in [9.17, 15) is 4.79 Å². The first-order valence-corrected chi connectivity index (χ1v) is 7.56. The summed E-state index contributed by atoms with van der Waals surface area (Å²) in [4.78, 5) is 16.2. The minimum absolute atomic E-state index is 0.156. The molecule has 0 saturated heterocycles. The van der Waals surface area contributed by atoms with E-state index in [1.807, 2.05) is 43.3 Å². The number of rotatable bonds is 4. The van der Waals surface area contributed by atoms with E-state index in [2.05, 4.69) is 15.6 Å². The smallest absolute Gasteiger partial charge is 0.315 e. The standard InChI is InChI=1S/C17H19N3O3/c1-12(14-4-2-3-7-18-14)20-17(21)19-11-13-5-6-15-16(10-13)23-9-8-22-15/h2-7,10,12H,8-9,11H2,1H3,(H2,19,20,21)/t12-/m1/s1. The zero-order chi connectivity index (χ0) is 16.1. The lowest BCUT2D eigenvalue weighted by Crippen LogP contribution is -2.36. The molecular formula is C17H19N3O3. The summed E-state index contributed by atoms with van der Waals surface area (Å²) in [5.74, 6) is 1.46. The van der Waals surface area contributed by atoms with E-state index < -0.39 is 0 Å². The maximum Gasteiger partial charge on any atom is 0.315 e. The van der Waals surface area contributed by atoms with Gasteiger partial charge in [-0.1, -0.05) is 12.1 Å². The van der Waals surface area contributed by atoms with Crippen molar-refractivity contribution >= 4 is 6.03 Å². The predicted octanol–water partition coefficient (Wildman–Crippen LogP) is 2.41. The highest BCUT2D eigenvalue weighted by molar-refractivity contribution is 5.74. The zero-order valence-corrected chi connectivity index (χ0v) is 12.9. The quantitative estimate of drug-likeness (QED) is 0.909. The Hall–Kier alpha value is -2.76.